The highest BCUT2D eigenvalue weighted by molar-refractivity contribution is 4.85. The van der Waals surface area contributed by atoms with Crippen LogP contribution < -0.4 is 5.32 Å². The van der Waals surface area contributed by atoms with Gasteiger partial charge in [0.2, 0.25) is 0 Å². The van der Waals surface area contributed by atoms with Crippen molar-refractivity contribution in [2.75, 3.05) is 13.1 Å². The van der Waals surface area contributed by atoms with Gasteiger partial charge in [0.1, 0.15) is 0 Å². The molecule has 0 aromatic carbocycles. The molecule has 76 valence electrons. The number of rotatable bonds is 1. The Labute approximate surface area is 82.3 Å². The maximum absolute atomic E-state index is 3.54. The van der Waals surface area contributed by atoms with Gasteiger partial charge in [-0.25, -0.2) is 0 Å². The van der Waals surface area contributed by atoms with Crippen molar-refractivity contribution in [1.82, 2.24) is 5.32 Å². The number of fused-ring (bicyclic) bond motifs is 1. The molecule has 1 aliphatic carbocycles. The fourth-order valence-corrected chi connectivity index (χ4v) is 3.13. The molecule has 0 aromatic heterocycles. The van der Waals surface area contributed by atoms with Crippen molar-refractivity contribution in [2.45, 2.75) is 39.5 Å². The van der Waals surface area contributed by atoms with Crippen molar-refractivity contribution >= 4 is 0 Å². The van der Waals surface area contributed by atoms with Crippen LogP contribution in [0.4, 0.5) is 0 Å². The fraction of sp³-hybridized carbons (Fsp3) is 1.00. The summed E-state index contributed by atoms with van der Waals surface area (Å²) in [6.07, 6.45) is 5.95. The summed E-state index contributed by atoms with van der Waals surface area (Å²) in [5, 5.41) is 3.54. The first kappa shape index (κ1) is 9.51. The van der Waals surface area contributed by atoms with Crippen LogP contribution in [0.5, 0.6) is 0 Å². The quantitative estimate of drug-likeness (QED) is 0.656. The van der Waals surface area contributed by atoms with Crippen LogP contribution in [0.2, 0.25) is 0 Å². The lowest BCUT2D eigenvalue weighted by Crippen LogP contribution is -2.12. The van der Waals surface area contributed by atoms with E-state index in [9.17, 15) is 0 Å². The van der Waals surface area contributed by atoms with Crippen LogP contribution in [0.1, 0.15) is 39.5 Å². The largest absolute Gasteiger partial charge is 0.316 e. The zero-order chi connectivity index (χ0) is 9.26. The van der Waals surface area contributed by atoms with E-state index in [0.29, 0.717) is 0 Å². The summed E-state index contributed by atoms with van der Waals surface area (Å²) in [6, 6.07) is 0. The Morgan fingerprint density at radius 1 is 0.923 bits per heavy atom. The fourth-order valence-electron chi connectivity index (χ4n) is 3.13. The molecule has 1 heteroatoms. The third kappa shape index (κ3) is 2.07. The average molecular weight is 181 g/mol. The molecule has 1 nitrogen and oxygen atoms in total. The van der Waals surface area contributed by atoms with Crippen LogP contribution in [-0.2, 0) is 0 Å². The summed E-state index contributed by atoms with van der Waals surface area (Å²) in [5.74, 6) is 3.96. The number of hydrogen-bond acceptors (Lipinski definition) is 1. The van der Waals surface area contributed by atoms with Gasteiger partial charge in [0.25, 0.3) is 0 Å². The van der Waals surface area contributed by atoms with E-state index in [0.717, 1.165) is 23.7 Å². The molecule has 1 heterocycles. The molecule has 13 heavy (non-hydrogen) atoms. The van der Waals surface area contributed by atoms with E-state index in [4.69, 9.17) is 0 Å². The maximum atomic E-state index is 3.54. The second-order valence-electron chi connectivity index (χ2n) is 5.34. The van der Waals surface area contributed by atoms with Crippen molar-refractivity contribution in [3.63, 3.8) is 0 Å². The van der Waals surface area contributed by atoms with Gasteiger partial charge in [0.15, 0.2) is 0 Å². The van der Waals surface area contributed by atoms with E-state index in [2.05, 4.69) is 19.2 Å². The first-order valence-corrected chi connectivity index (χ1v) is 5.98. The van der Waals surface area contributed by atoms with Gasteiger partial charge in [-0.3, -0.25) is 0 Å². The summed E-state index contributed by atoms with van der Waals surface area (Å²) in [5.41, 5.74) is 0. The first-order chi connectivity index (χ1) is 6.27. The lowest BCUT2D eigenvalue weighted by molar-refractivity contribution is 0.334. The second kappa shape index (κ2) is 4.00. The van der Waals surface area contributed by atoms with Gasteiger partial charge in [-0.1, -0.05) is 13.8 Å². The molecule has 0 radical (unpaired) electrons. The van der Waals surface area contributed by atoms with Crippen LogP contribution in [0, 0.1) is 23.7 Å². The van der Waals surface area contributed by atoms with Crippen molar-refractivity contribution < 1.29 is 0 Å². The Balaban J connectivity index is 1.91. The molecule has 2 atom stereocenters. The molecule has 2 rings (SSSR count). The molecule has 0 bridgehead atoms. The maximum Gasteiger partial charge on any atom is -0.00173 e. The summed E-state index contributed by atoms with van der Waals surface area (Å²) >= 11 is 0. The lowest BCUT2D eigenvalue weighted by atomic mass is 9.88. The predicted octanol–water partition coefficient (Wildman–Crippen LogP) is 2.67. The van der Waals surface area contributed by atoms with E-state index < -0.39 is 0 Å². The number of nitrogens with one attached hydrogen (secondary N) is 1. The highest BCUT2D eigenvalue weighted by Crippen LogP contribution is 2.36. The Bertz CT molecular complexity index is 151. The highest BCUT2D eigenvalue weighted by atomic mass is 14.9. The molecular weight excluding hydrogens is 158 g/mol. The Morgan fingerprint density at radius 2 is 1.46 bits per heavy atom. The van der Waals surface area contributed by atoms with E-state index >= 15 is 0 Å². The summed E-state index contributed by atoms with van der Waals surface area (Å²) in [6.45, 7) is 7.39. The van der Waals surface area contributed by atoms with E-state index in [1.165, 1.54) is 38.8 Å². The highest BCUT2D eigenvalue weighted by Gasteiger charge is 2.31. The van der Waals surface area contributed by atoms with Gasteiger partial charge in [0.05, 0.1) is 0 Å². The minimum absolute atomic E-state index is 0.909. The third-order valence-electron chi connectivity index (χ3n) is 4.24. The summed E-state index contributed by atoms with van der Waals surface area (Å²) in [7, 11) is 0. The van der Waals surface area contributed by atoms with E-state index in [1.807, 2.05) is 0 Å². The number of hydrogen-bond donors (Lipinski definition) is 1. The molecule has 1 saturated heterocycles. The van der Waals surface area contributed by atoms with Gasteiger partial charge in [0, 0.05) is 0 Å². The van der Waals surface area contributed by atoms with Gasteiger partial charge in [-0.05, 0) is 62.4 Å². The van der Waals surface area contributed by atoms with Crippen molar-refractivity contribution in [3.8, 4) is 0 Å². The smallest absolute Gasteiger partial charge is 0.00173 e. The zero-order valence-corrected chi connectivity index (χ0v) is 9.05. The minimum atomic E-state index is 0.909. The van der Waals surface area contributed by atoms with E-state index in [-0.39, 0.29) is 0 Å². The molecule has 0 amide bonds. The van der Waals surface area contributed by atoms with Gasteiger partial charge < -0.3 is 5.32 Å². The molecule has 2 fully saturated rings. The first-order valence-electron chi connectivity index (χ1n) is 5.98. The van der Waals surface area contributed by atoms with Crippen LogP contribution in [0.25, 0.3) is 0 Å². The molecule has 0 aromatic rings. The predicted molar refractivity (Wildman–Crippen MR) is 56.6 cm³/mol. The van der Waals surface area contributed by atoms with Crippen LogP contribution in [0.15, 0.2) is 0 Å². The SMILES string of the molecule is CC(C)C1CCC2CNCC2CC1. The Morgan fingerprint density at radius 3 is 1.92 bits per heavy atom. The summed E-state index contributed by atoms with van der Waals surface area (Å²) in [4.78, 5) is 0. The molecule has 2 aliphatic rings. The van der Waals surface area contributed by atoms with Crippen molar-refractivity contribution in [2.24, 2.45) is 23.7 Å². The van der Waals surface area contributed by atoms with Crippen LogP contribution in [0.3, 0.4) is 0 Å². The standard InChI is InChI=1S/C12H23N/c1-9(2)10-3-5-11-7-13-8-12(11)6-4-10/h9-13H,3-8H2,1-2H3. The Hall–Kier alpha value is -0.0400. The zero-order valence-electron chi connectivity index (χ0n) is 9.05. The summed E-state index contributed by atoms with van der Waals surface area (Å²) < 4.78 is 0. The lowest BCUT2D eigenvalue weighted by Gasteiger charge is -2.18. The Kier molecular flexibility index (Phi) is 2.92. The van der Waals surface area contributed by atoms with Crippen molar-refractivity contribution in [3.05, 3.63) is 0 Å². The van der Waals surface area contributed by atoms with Crippen LogP contribution >= 0.6 is 0 Å². The van der Waals surface area contributed by atoms with E-state index in [1.54, 1.807) is 0 Å². The molecule has 1 saturated carbocycles. The second-order valence-corrected chi connectivity index (χ2v) is 5.34. The van der Waals surface area contributed by atoms with Gasteiger partial charge >= 0.3 is 0 Å². The molecule has 2 unspecified atom stereocenters. The average Bonchev–Trinajstić information content (AvgIpc) is 2.44. The van der Waals surface area contributed by atoms with Crippen LogP contribution in [-0.4, -0.2) is 13.1 Å². The minimum Gasteiger partial charge on any atom is -0.316 e. The molecule has 1 aliphatic heterocycles. The third-order valence-corrected chi connectivity index (χ3v) is 4.24. The topological polar surface area (TPSA) is 12.0 Å². The molecule has 1 N–H and O–H groups in total. The molecule has 0 spiro atoms. The normalized spacial score (nSPS) is 40.4. The molecular formula is C12H23N. The van der Waals surface area contributed by atoms with Gasteiger partial charge in [-0.2, -0.15) is 0 Å². The monoisotopic (exact) mass is 181 g/mol. The van der Waals surface area contributed by atoms with Gasteiger partial charge in [-0.15, -0.1) is 0 Å². The van der Waals surface area contributed by atoms with Crippen molar-refractivity contribution in [1.29, 1.82) is 0 Å².